The van der Waals surface area contributed by atoms with Crippen LogP contribution in [0.1, 0.15) is 35.6 Å². The number of carbonyl (C=O) groups is 1. The van der Waals surface area contributed by atoms with Crippen LogP contribution in [0.15, 0.2) is 6.33 Å². The molecule has 1 aromatic heterocycles. The summed E-state index contributed by atoms with van der Waals surface area (Å²) < 4.78 is 5.88. The molecule has 22 heavy (non-hydrogen) atoms. The average molecular weight is 304 g/mol. The van der Waals surface area contributed by atoms with Gasteiger partial charge in [-0.3, -0.25) is 9.69 Å². The number of nitrogens with zero attached hydrogens (tertiary/aromatic N) is 4. The van der Waals surface area contributed by atoms with Crippen LogP contribution in [0.4, 0.5) is 0 Å². The largest absolute Gasteiger partial charge is 0.373 e. The van der Waals surface area contributed by atoms with Crippen LogP contribution in [0.25, 0.3) is 0 Å². The second-order valence-electron chi connectivity index (χ2n) is 6.45. The minimum atomic E-state index is -0.00953. The predicted molar refractivity (Wildman–Crippen MR) is 82.8 cm³/mol. The number of carbonyl (C=O) groups excluding carboxylic acids is 1. The molecule has 1 amide bonds. The highest BCUT2D eigenvalue weighted by atomic mass is 16.5. The van der Waals surface area contributed by atoms with Gasteiger partial charge in [0.1, 0.15) is 12.0 Å². The summed E-state index contributed by atoms with van der Waals surface area (Å²) in [5, 5.41) is 0. The highest BCUT2D eigenvalue weighted by molar-refractivity contribution is 5.94. The Balaban J connectivity index is 1.79. The van der Waals surface area contributed by atoms with Gasteiger partial charge in [0.25, 0.3) is 5.91 Å². The summed E-state index contributed by atoms with van der Waals surface area (Å²) in [6, 6.07) is 0.760. The van der Waals surface area contributed by atoms with E-state index in [4.69, 9.17) is 4.74 Å². The molecule has 0 aliphatic carbocycles. The van der Waals surface area contributed by atoms with Crippen molar-refractivity contribution >= 4 is 5.91 Å². The van der Waals surface area contributed by atoms with Crippen LogP contribution >= 0.6 is 0 Å². The van der Waals surface area contributed by atoms with Gasteiger partial charge in [0, 0.05) is 36.9 Å². The average Bonchev–Trinajstić information content (AvgIpc) is 2.93. The Kier molecular flexibility index (Phi) is 4.14. The van der Waals surface area contributed by atoms with E-state index in [-0.39, 0.29) is 12.0 Å². The molecule has 2 saturated heterocycles. The molecule has 0 radical (unpaired) electrons. The molecule has 1 aromatic rings. The third-order valence-corrected chi connectivity index (χ3v) is 4.83. The number of hydrogen-bond donors (Lipinski definition) is 0. The molecule has 0 saturated carbocycles. The predicted octanol–water partition coefficient (Wildman–Crippen LogP) is 1.03. The zero-order valence-corrected chi connectivity index (χ0v) is 13.7. The van der Waals surface area contributed by atoms with Crippen LogP contribution in [0.5, 0.6) is 0 Å². The van der Waals surface area contributed by atoms with Gasteiger partial charge in [-0.05, 0) is 27.7 Å². The van der Waals surface area contributed by atoms with Gasteiger partial charge in [0.05, 0.1) is 18.8 Å². The van der Waals surface area contributed by atoms with Crippen molar-refractivity contribution in [3.8, 4) is 0 Å². The topological polar surface area (TPSA) is 58.6 Å². The molecule has 0 aromatic carbocycles. The second kappa shape index (κ2) is 5.93. The van der Waals surface area contributed by atoms with E-state index < -0.39 is 0 Å². The van der Waals surface area contributed by atoms with Gasteiger partial charge in [-0.2, -0.15) is 0 Å². The van der Waals surface area contributed by atoms with Gasteiger partial charge in [-0.1, -0.05) is 0 Å². The quantitative estimate of drug-likeness (QED) is 0.817. The van der Waals surface area contributed by atoms with Gasteiger partial charge in [0.15, 0.2) is 0 Å². The molecular formula is C16H24N4O2. The highest BCUT2D eigenvalue weighted by Crippen LogP contribution is 2.26. The maximum atomic E-state index is 12.8. The van der Waals surface area contributed by atoms with E-state index in [0.29, 0.717) is 30.9 Å². The van der Waals surface area contributed by atoms with Crippen molar-refractivity contribution in [2.75, 3.05) is 26.2 Å². The Bertz CT molecular complexity index is 575. The summed E-state index contributed by atoms with van der Waals surface area (Å²) >= 11 is 0. The number of amides is 1. The van der Waals surface area contributed by atoms with E-state index in [1.165, 1.54) is 6.33 Å². The molecule has 2 aliphatic heterocycles. The first-order valence-corrected chi connectivity index (χ1v) is 7.94. The smallest absolute Gasteiger partial charge is 0.273 e. The van der Waals surface area contributed by atoms with Crippen molar-refractivity contribution < 1.29 is 9.53 Å². The molecule has 6 nitrogen and oxygen atoms in total. The Morgan fingerprint density at radius 2 is 2.09 bits per heavy atom. The molecule has 2 atom stereocenters. The van der Waals surface area contributed by atoms with Gasteiger partial charge in [0.2, 0.25) is 0 Å². The first-order chi connectivity index (χ1) is 10.5. The third kappa shape index (κ3) is 2.61. The van der Waals surface area contributed by atoms with Crippen molar-refractivity contribution in [2.24, 2.45) is 0 Å². The maximum Gasteiger partial charge on any atom is 0.273 e. The SMILES string of the molecule is Cc1ncnc(C(=O)N2CC3OCCN(C(C)C)C3C2)c1C. The Labute approximate surface area is 131 Å². The van der Waals surface area contributed by atoms with Crippen molar-refractivity contribution in [2.45, 2.75) is 45.9 Å². The molecule has 0 spiro atoms. The van der Waals surface area contributed by atoms with Crippen molar-refractivity contribution in [1.82, 2.24) is 19.8 Å². The number of rotatable bonds is 2. The van der Waals surface area contributed by atoms with E-state index in [9.17, 15) is 4.79 Å². The number of morpholine rings is 1. The zero-order chi connectivity index (χ0) is 15.9. The summed E-state index contributed by atoms with van der Waals surface area (Å²) in [5.41, 5.74) is 2.24. The Morgan fingerprint density at radius 1 is 1.32 bits per heavy atom. The molecule has 0 bridgehead atoms. The van der Waals surface area contributed by atoms with Gasteiger partial charge < -0.3 is 9.64 Å². The molecule has 0 N–H and O–H groups in total. The summed E-state index contributed by atoms with van der Waals surface area (Å²) in [6.07, 6.45) is 1.58. The number of hydrogen-bond acceptors (Lipinski definition) is 5. The van der Waals surface area contributed by atoms with Crippen molar-refractivity contribution in [3.63, 3.8) is 0 Å². The van der Waals surface area contributed by atoms with Crippen LogP contribution in [-0.4, -0.2) is 70.1 Å². The second-order valence-corrected chi connectivity index (χ2v) is 6.45. The summed E-state index contributed by atoms with van der Waals surface area (Å²) in [5.74, 6) is -0.00953. The molecule has 2 fully saturated rings. The van der Waals surface area contributed by atoms with E-state index in [1.807, 2.05) is 18.7 Å². The number of aromatic nitrogens is 2. The van der Waals surface area contributed by atoms with Crippen molar-refractivity contribution in [1.29, 1.82) is 0 Å². The molecule has 3 rings (SSSR count). The molecule has 2 unspecified atom stereocenters. The van der Waals surface area contributed by atoms with Crippen LogP contribution < -0.4 is 0 Å². The van der Waals surface area contributed by atoms with Crippen LogP contribution in [0.3, 0.4) is 0 Å². The lowest BCUT2D eigenvalue weighted by molar-refractivity contribution is -0.0582. The van der Waals surface area contributed by atoms with E-state index >= 15 is 0 Å². The summed E-state index contributed by atoms with van der Waals surface area (Å²) in [7, 11) is 0. The maximum absolute atomic E-state index is 12.8. The van der Waals surface area contributed by atoms with Gasteiger partial charge in [-0.15, -0.1) is 0 Å². The molecule has 6 heteroatoms. The van der Waals surface area contributed by atoms with Crippen LogP contribution in [0, 0.1) is 13.8 Å². The first-order valence-electron chi connectivity index (χ1n) is 7.94. The lowest BCUT2D eigenvalue weighted by Gasteiger charge is -2.39. The van der Waals surface area contributed by atoms with Crippen LogP contribution in [-0.2, 0) is 4.74 Å². The Morgan fingerprint density at radius 3 is 2.82 bits per heavy atom. The first kappa shape index (κ1) is 15.4. The fourth-order valence-corrected chi connectivity index (χ4v) is 3.42. The highest BCUT2D eigenvalue weighted by Gasteiger charge is 2.43. The summed E-state index contributed by atoms with van der Waals surface area (Å²) in [6.45, 7) is 11.2. The molecule has 2 aliphatic rings. The minimum Gasteiger partial charge on any atom is -0.373 e. The lowest BCUT2D eigenvalue weighted by Crippen LogP contribution is -2.53. The van der Waals surface area contributed by atoms with E-state index in [0.717, 1.165) is 24.4 Å². The third-order valence-electron chi connectivity index (χ3n) is 4.83. The molecular weight excluding hydrogens is 280 g/mol. The van der Waals surface area contributed by atoms with Crippen LogP contribution in [0.2, 0.25) is 0 Å². The lowest BCUT2D eigenvalue weighted by atomic mass is 10.1. The number of fused-ring (bicyclic) bond motifs is 1. The van der Waals surface area contributed by atoms with E-state index in [1.54, 1.807) is 0 Å². The fourth-order valence-electron chi connectivity index (χ4n) is 3.42. The van der Waals surface area contributed by atoms with Gasteiger partial charge >= 0.3 is 0 Å². The van der Waals surface area contributed by atoms with Crippen molar-refractivity contribution in [3.05, 3.63) is 23.3 Å². The van der Waals surface area contributed by atoms with E-state index in [2.05, 4.69) is 28.7 Å². The minimum absolute atomic E-state index is 0.00953. The number of ether oxygens (including phenoxy) is 1. The zero-order valence-electron chi connectivity index (χ0n) is 13.7. The normalized spacial score (nSPS) is 25.6. The fraction of sp³-hybridized carbons (Fsp3) is 0.688. The monoisotopic (exact) mass is 304 g/mol. The number of likely N-dealkylation sites (tertiary alicyclic amines) is 1. The van der Waals surface area contributed by atoms with Gasteiger partial charge in [-0.25, -0.2) is 9.97 Å². The summed E-state index contributed by atoms with van der Waals surface area (Å²) in [4.78, 5) is 25.5. The molecule has 3 heterocycles. The Hall–Kier alpha value is -1.53. The molecule has 120 valence electrons. The number of aryl methyl sites for hydroxylation is 1. The standard InChI is InChI=1S/C16H24N4O2/c1-10(2)20-5-6-22-14-8-19(7-13(14)20)16(21)15-11(3)12(4)17-9-18-15/h9-10,13-14H,5-8H2,1-4H3.